The Kier molecular flexibility index (Phi) is 7.43. The van der Waals surface area contributed by atoms with Gasteiger partial charge >= 0.3 is 0 Å². The lowest BCUT2D eigenvalue weighted by Crippen LogP contribution is -1.97. The Labute approximate surface area is 306 Å². The normalized spacial score (nSPS) is 11.4. The van der Waals surface area contributed by atoms with Crippen molar-refractivity contribution >= 4 is 32.8 Å². The van der Waals surface area contributed by atoms with E-state index in [2.05, 4.69) is 133 Å². The van der Waals surface area contributed by atoms with Crippen LogP contribution in [0.3, 0.4) is 0 Å². The highest BCUT2D eigenvalue weighted by Crippen LogP contribution is 2.39. The molecule has 4 heteroatoms. The molecule has 0 spiro atoms. The molecule has 0 fully saturated rings. The van der Waals surface area contributed by atoms with Crippen LogP contribution in [0.25, 0.3) is 100 Å². The maximum absolute atomic E-state index is 6.50. The lowest BCUT2D eigenvalue weighted by molar-refractivity contribution is 0.669. The van der Waals surface area contributed by atoms with E-state index in [-0.39, 0.29) is 0 Å². The highest BCUT2D eigenvalue weighted by Gasteiger charge is 2.18. The summed E-state index contributed by atoms with van der Waals surface area (Å²) in [6.07, 6.45) is 1.87. The number of nitrogens with zero attached hydrogens (tertiary/aromatic N) is 3. The zero-order valence-corrected chi connectivity index (χ0v) is 28.6. The third-order valence-corrected chi connectivity index (χ3v) is 9.90. The van der Waals surface area contributed by atoms with Crippen LogP contribution in [-0.4, -0.2) is 15.0 Å². The highest BCUT2D eigenvalue weighted by molar-refractivity contribution is 6.07. The molecule has 0 unspecified atom stereocenters. The van der Waals surface area contributed by atoms with E-state index in [1.165, 1.54) is 10.8 Å². The molecule has 0 N–H and O–H groups in total. The first-order valence-corrected chi connectivity index (χ1v) is 17.8. The molecule has 10 rings (SSSR count). The maximum atomic E-state index is 6.50. The van der Waals surface area contributed by atoms with Gasteiger partial charge in [-0.15, -0.1) is 0 Å². The third kappa shape index (κ3) is 5.73. The van der Waals surface area contributed by atoms with E-state index < -0.39 is 0 Å². The van der Waals surface area contributed by atoms with Crippen molar-refractivity contribution in [1.29, 1.82) is 0 Å². The molecule has 0 saturated heterocycles. The van der Waals surface area contributed by atoms with E-state index in [0.717, 1.165) is 83.5 Å². The van der Waals surface area contributed by atoms with Crippen LogP contribution in [-0.2, 0) is 0 Å². The van der Waals surface area contributed by atoms with Crippen molar-refractivity contribution in [2.45, 2.75) is 0 Å². The molecule has 0 aliphatic heterocycles. The lowest BCUT2D eigenvalue weighted by atomic mass is 9.93. The molecule has 0 atom stereocenters. The fraction of sp³-hybridized carbons (Fsp3) is 0. The average molecular weight is 678 g/mol. The van der Waals surface area contributed by atoms with Gasteiger partial charge in [0, 0.05) is 33.8 Å². The molecule has 0 saturated carbocycles. The molecule has 0 aliphatic rings. The summed E-state index contributed by atoms with van der Waals surface area (Å²) in [6, 6.07) is 63.3. The number of aromatic nitrogens is 3. The number of para-hydroxylation sites is 1. The number of fused-ring (bicyclic) bond motifs is 4. The molecule has 53 heavy (non-hydrogen) atoms. The number of benzene rings is 7. The molecule has 3 heterocycles. The minimum absolute atomic E-state index is 0.667. The molecule has 0 aliphatic carbocycles. The second-order valence-electron chi connectivity index (χ2n) is 13.3. The van der Waals surface area contributed by atoms with Gasteiger partial charge in [0.15, 0.2) is 11.4 Å². The first-order valence-electron chi connectivity index (χ1n) is 17.8. The average Bonchev–Trinajstić information content (AvgIpc) is 3.63. The second kappa shape index (κ2) is 12.9. The molecule has 0 bridgehead atoms. The number of hydrogen-bond acceptors (Lipinski definition) is 4. The summed E-state index contributed by atoms with van der Waals surface area (Å²) in [4.78, 5) is 15.2. The first-order chi connectivity index (χ1) is 26.2. The van der Waals surface area contributed by atoms with Crippen LogP contribution in [0.4, 0.5) is 0 Å². The van der Waals surface area contributed by atoms with Crippen molar-refractivity contribution in [3.63, 3.8) is 0 Å². The number of pyridine rings is 1. The number of hydrogen-bond donors (Lipinski definition) is 0. The zero-order chi connectivity index (χ0) is 35.1. The van der Waals surface area contributed by atoms with Crippen molar-refractivity contribution in [1.82, 2.24) is 15.0 Å². The lowest BCUT2D eigenvalue weighted by Gasteiger charge is -2.14. The Morgan fingerprint density at radius 2 is 1.00 bits per heavy atom. The molecule has 7 aromatic carbocycles. The third-order valence-electron chi connectivity index (χ3n) is 9.90. The van der Waals surface area contributed by atoms with E-state index in [0.29, 0.717) is 5.82 Å². The van der Waals surface area contributed by atoms with E-state index in [1.807, 2.05) is 54.7 Å². The van der Waals surface area contributed by atoms with Crippen molar-refractivity contribution in [3.05, 3.63) is 188 Å². The Hall–Kier alpha value is -7.17. The molecule has 248 valence electrons. The molecule has 3 aromatic heterocycles. The zero-order valence-electron chi connectivity index (χ0n) is 28.6. The first kappa shape index (κ1) is 30.6. The summed E-state index contributed by atoms with van der Waals surface area (Å²) in [5.41, 5.74) is 13.5. The SMILES string of the molecule is c1ccc(-c2cccc(-c3nc(-c4ccccc4)cc(-c4cc(-c5ccc6ccccc6c5)cc(-c5ccnc6c5oc5ccccc56)c4)n3)c2)cc1. The minimum atomic E-state index is 0.667. The monoisotopic (exact) mass is 677 g/mol. The second-order valence-corrected chi connectivity index (χ2v) is 13.3. The van der Waals surface area contributed by atoms with Gasteiger partial charge in [-0.2, -0.15) is 0 Å². The van der Waals surface area contributed by atoms with Crippen LogP contribution >= 0.6 is 0 Å². The summed E-state index contributed by atoms with van der Waals surface area (Å²) >= 11 is 0. The fourth-order valence-corrected chi connectivity index (χ4v) is 7.25. The van der Waals surface area contributed by atoms with Crippen LogP contribution in [0.5, 0.6) is 0 Å². The highest BCUT2D eigenvalue weighted by atomic mass is 16.3. The van der Waals surface area contributed by atoms with Gasteiger partial charge in [-0.1, -0.05) is 127 Å². The molecular formula is C49H31N3O. The van der Waals surface area contributed by atoms with Crippen molar-refractivity contribution in [2.75, 3.05) is 0 Å². The van der Waals surface area contributed by atoms with Crippen molar-refractivity contribution in [3.8, 4) is 67.3 Å². The largest absolute Gasteiger partial charge is 0.454 e. The Morgan fingerprint density at radius 3 is 1.85 bits per heavy atom. The smallest absolute Gasteiger partial charge is 0.161 e. The molecular weight excluding hydrogens is 647 g/mol. The number of furan rings is 1. The molecule has 4 nitrogen and oxygen atoms in total. The Balaban J connectivity index is 1.21. The van der Waals surface area contributed by atoms with Crippen molar-refractivity contribution < 1.29 is 4.42 Å². The van der Waals surface area contributed by atoms with Crippen molar-refractivity contribution in [2.24, 2.45) is 0 Å². The number of rotatable bonds is 6. The van der Waals surface area contributed by atoms with Crippen LogP contribution in [0.2, 0.25) is 0 Å². The van der Waals surface area contributed by atoms with Gasteiger partial charge in [0.25, 0.3) is 0 Å². The summed E-state index contributed by atoms with van der Waals surface area (Å²) in [5.74, 6) is 0.667. The van der Waals surface area contributed by atoms with Crippen LogP contribution < -0.4 is 0 Å². The van der Waals surface area contributed by atoms with E-state index in [9.17, 15) is 0 Å². The summed E-state index contributed by atoms with van der Waals surface area (Å²) in [7, 11) is 0. The van der Waals surface area contributed by atoms with Gasteiger partial charge in [-0.25, -0.2) is 9.97 Å². The van der Waals surface area contributed by atoms with Gasteiger partial charge < -0.3 is 4.42 Å². The van der Waals surface area contributed by atoms with Gasteiger partial charge in [0.2, 0.25) is 0 Å². The Bertz CT molecular complexity index is 2950. The standard InChI is InChI=1S/C49H31N3O/c1-3-12-32(13-4-1)36-18-11-19-38(27-36)49-51-44(34-15-5-2-6-16-34)31-45(52-49)41-29-39(37-23-22-33-14-7-8-17-35(33)26-37)28-40(30-41)42-24-25-50-47-43-20-9-10-21-46(43)53-48(42)47/h1-31H. The van der Waals surface area contributed by atoms with Gasteiger partial charge in [0.05, 0.1) is 11.4 Å². The summed E-state index contributed by atoms with van der Waals surface area (Å²) < 4.78 is 6.50. The van der Waals surface area contributed by atoms with E-state index >= 15 is 0 Å². The van der Waals surface area contributed by atoms with E-state index in [4.69, 9.17) is 19.4 Å². The van der Waals surface area contributed by atoms with E-state index in [1.54, 1.807) is 0 Å². The predicted molar refractivity (Wildman–Crippen MR) is 217 cm³/mol. The molecule has 10 aromatic rings. The van der Waals surface area contributed by atoms with Crippen LogP contribution in [0.15, 0.2) is 193 Å². The minimum Gasteiger partial charge on any atom is -0.454 e. The topological polar surface area (TPSA) is 51.8 Å². The predicted octanol–water partition coefficient (Wildman–Crippen LogP) is 12.9. The quantitative estimate of drug-likeness (QED) is 0.176. The van der Waals surface area contributed by atoms with Gasteiger partial charge in [-0.05, 0) is 93.2 Å². The van der Waals surface area contributed by atoms with Gasteiger partial charge in [0.1, 0.15) is 11.1 Å². The molecule has 0 radical (unpaired) electrons. The van der Waals surface area contributed by atoms with Gasteiger partial charge in [-0.3, -0.25) is 4.98 Å². The Morgan fingerprint density at radius 1 is 0.377 bits per heavy atom. The summed E-state index contributed by atoms with van der Waals surface area (Å²) in [6.45, 7) is 0. The fourth-order valence-electron chi connectivity index (χ4n) is 7.25. The van der Waals surface area contributed by atoms with Crippen LogP contribution in [0, 0.1) is 0 Å². The maximum Gasteiger partial charge on any atom is 0.161 e. The summed E-state index contributed by atoms with van der Waals surface area (Å²) in [5, 5.41) is 3.40. The molecule has 0 amide bonds. The van der Waals surface area contributed by atoms with Crippen LogP contribution in [0.1, 0.15) is 0 Å².